The summed E-state index contributed by atoms with van der Waals surface area (Å²) in [6.07, 6.45) is 3.68. The van der Waals surface area contributed by atoms with Crippen LogP contribution in [0.15, 0.2) is 23.2 Å². The van der Waals surface area contributed by atoms with Gasteiger partial charge in [-0.25, -0.2) is 18.1 Å². The summed E-state index contributed by atoms with van der Waals surface area (Å²) < 4.78 is 31.5. The van der Waals surface area contributed by atoms with E-state index in [9.17, 15) is 8.42 Å². The van der Waals surface area contributed by atoms with Crippen LogP contribution < -0.4 is 9.62 Å². The Hall–Kier alpha value is -1.18. The number of pyridine rings is 1. The van der Waals surface area contributed by atoms with Crippen molar-refractivity contribution in [3.05, 3.63) is 18.3 Å². The first-order valence-electron chi connectivity index (χ1n) is 7.68. The molecule has 6 nitrogen and oxygen atoms in total. The normalized spacial score (nSPS) is 17.2. The Balaban J connectivity index is 1.92. The number of nitrogens with zero attached hydrogens (tertiary/aromatic N) is 2. The molecule has 1 aliphatic heterocycles. The van der Waals surface area contributed by atoms with Crippen LogP contribution in [0.1, 0.15) is 26.7 Å². The van der Waals surface area contributed by atoms with E-state index in [-0.39, 0.29) is 4.90 Å². The molecular weight excluding hydrogens is 302 g/mol. The number of aromatic nitrogens is 1. The van der Waals surface area contributed by atoms with Gasteiger partial charge in [-0.3, -0.25) is 0 Å². The Morgan fingerprint density at radius 2 is 2.05 bits per heavy atom. The van der Waals surface area contributed by atoms with Crippen molar-refractivity contribution >= 4 is 15.8 Å². The Kier molecular flexibility index (Phi) is 5.77. The molecule has 0 saturated carbocycles. The molecule has 0 spiro atoms. The van der Waals surface area contributed by atoms with Crippen molar-refractivity contribution in [2.75, 3.05) is 31.6 Å². The van der Waals surface area contributed by atoms with Crippen molar-refractivity contribution in [3.63, 3.8) is 0 Å². The number of ether oxygens (including phenoxy) is 1. The highest BCUT2D eigenvalue weighted by Crippen LogP contribution is 2.21. The van der Waals surface area contributed by atoms with E-state index in [1.165, 1.54) is 13.2 Å². The molecule has 2 heterocycles. The molecule has 0 aromatic carbocycles. The van der Waals surface area contributed by atoms with Crippen LogP contribution in [0.25, 0.3) is 0 Å². The lowest BCUT2D eigenvalue weighted by Crippen LogP contribution is -2.37. The number of hydrogen-bond acceptors (Lipinski definition) is 5. The molecule has 1 aromatic rings. The fourth-order valence-corrected chi connectivity index (χ4v) is 3.09. The molecule has 0 atom stereocenters. The van der Waals surface area contributed by atoms with Crippen molar-refractivity contribution in [2.45, 2.75) is 37.7 Å². The molecule has 1 aromatic heterocycles. The molecule has 2 rings (SSSR count). The number of piperidine rings is 1. The molecule has 1 aliphatic rings. The first-order valence-corrected chi connectivity index (χ1v) is 9.17. The molecule has 0 aliphatic carbocycles. The topological polar surface area (TPSA) is 71.5 Å². The lowest BCUT2D eigenvalue weighted by molar-refractivity contribution is 0.0214. The third-order valence-electron chi connectivity index (χ3n) is 3.73. The third-order valence-corrected chi connectivity index (χ3v) is 5.13. The second-order valence-corrected chi connectivity index (χ2v) is 7.86. The molecule has 0 unspecified atom stereocenters. The highest BCUT2D eigenvalue weighted by atomic mass is 32.2. The minimum absolute atomic E-state index is 0.189. The lowest BCUT2D eigenvalue weighted by atomic mass is 10.1. The van der Waals surface area contributed by atoms with Gasteiger partial charge in [0.2, 0.25) is 10.0 Å². The maximum absolute atomic E-state index is 11.7. The summed E-state index contributed by atoms with van der Waals surface area (Å²) in [6.45, 7) is 6.88. The summed E-state index contributed by atoms with van der Waals surface area (Å²) in [7, 11) is -2.03. The van der Waals surface area contributed by atoms with Crippen molar-refractivity contribution in [3.8, 4) is 0 Å². The highest BCUT2D eigenvalue weighted by molar-refractivity contribution is 7.89. The predicted molar refractivity (Wildman–Crippen MR) is 86.5 cm³/mol. The van der Waals surface area contributed by atoms with Gasteiger partial charge in [-0.15, -0.1) is 0 Å². The monoisotopic (exact) mass is 327 g/mol. The number of sulfonamides is 1. The summed E-state index contributed by atoms with van der Waals surface area (Å²) in [6, 6.07) is 3.36. The first kappa shape index (κ1) is 17.2. The van der Waals surface area contributed by atoms with Gasteiger partial charge in [-0.2, -0.15) is 0 Å². The van der Waals surface area contributed by atoms with Gasteiger partial charge in [0, 0.05) is 25.9 Å². The molecule has 1 fully saturated rings. The van der Waals surface area contributed by atoms with E-state index in [1.54, 1.807) is 12.1 Å². The highest BCUT2D eigenvalue weighted by Gasteiger charge is 2.21. The largest absolute Gasteiger partial charge is 0.378 e. The van der Waals surface area contributed by atoms with Crippen molar-refractivity contribution < 1.29 is 13.2 Å². The van der Waals surface area contributed by atoms with E-state index in [4.69, 9.17) is 4.74 Å². The molecule has 0 amide bonds. The maximum atomic E-state index is 11.7. The van der Waals surface area contributed by atoms with Gasteiger partial charge in [0.05, 0.1) is 6.10 Å². The molecule has 1 N–H and O–H groups in total. The van der Waals surface area contributed by atoms with Gasteiger partial charge in [-0.1, -0.05) is 13.8 Å². The van der Waals surface area contributed by atoms with E-state index in [1.807, 2.05) is 0 Å². The quantitative estimate of drug-likeness (QED) is 0.860. The molecule has 1 saturated heterocycles. The van der Waals surface area contributed by atoms with Crippen molar-refractivity contribution in [1.82, 2.24) is 9.71 Å². The molecular formula is C15H25N3O3S. The zero-order valence-electron chi connectivity index (χ0n) is 13.4. The van der Waals surface area contributed by atoms with Gasteiger partial charge in [-0.05, 0) is 37.9 Å². The Morgan fingerprint density at radius 1 is 1.36 bits per heavy atom. The number of rotatable bonds is 6. The molecule has 0 radical (unpaired) electrons. The third kappa shape index (κ3) is 4.41. The second-order valence-electron chi connectivity index (χ2n) is 5.97. The van der Waals surface area contributed by atoms with E-state index < -0.39 is 10.0 Å². The van der Waals surface area contributed by atoms with Crippen LogP contribution in [0.4, 0.5) is 5.82 Å². The fourth-order valence-electron chi connectivity index (χ4n) is 2.42. The van der Waals surface area contributed by atoms with E-state index in [0.717, 1.165) is 38.4 Å². The van der Waals surface area contributed by atoms with Crippen molar-refractivity contribution in [1.29, 1.82) is 0 Å². The first-order chi connectivity index (χ1) is 10.4. The maximum Gasteiger partial charge on any atom is 0.241 e. The van der Waals surface area contributed by atoms with Gasteiger partial charge in [0.1, 0.15) is 10.7 Å². The average Bonchev–Trinajstić information content (AvgIpc) is 2.53. The van der Waals surface area contributed by atoms with Crippen LogP contribution in [0.2, 0.25) is 0 Å². The van der Waals surface area contributed by atoms with Crippen molar-refractivity contribution in [2.24, 2.45) is 5.92 Å². The summed E-state index contributed by atoms with van der Waals surface area (Å²) in [4.78, 5) is 6.64. The van der Waals surface area contributed by atoms with Crippen LogP contribution in [0.3, 0.4) is 0 Å². The molecule has 124 valence electrons. The molecule has 22 heavy (non-hydrogen) atoms. The molecule has 7 heteroatoms. The summed E-state index contributed by atoms with van der Waals surface area (Å²) in [5.74, 6) is 1.37. The average molecular weight is 327 g/mol. The predicted octanol–water partition coefficient (Wildman–Crippen LogP) is 1.63. The minimum atomic E-state index is -3.42. The van der Waals surface area contributed by atoms with Crippen LogP contribution in [-0.2, 0) is 14.8 Å². The van der Waals surface area contributed by atoms with Gasteiger partial charge in [0.25, 0.3) is 0 Å². The molecule has 0 bridgehead atoms. The second kappa shape index (κ2) is 7.39. The van der Waals surface area contributed by atoms with Crippen LogP contribution >= 0.6 is 0 Å². The Bertz CT molecular complexity index is 564. The smallest absolute Gasteiger partial charge is 0.241 e. The minimum Gasteiger partial charge on any atom is -0.378 e. The lowest BCUT2D eigenvalue weighted by Gasteiger charge is -2.33. The van der Waals surface area contributed by atoms with Gasteiger partial charge < -0.3 is 9.64 Å². The van der Waals surface area contributed by atoms with Gasteiger partial charge >= 0.3 is 0 Å². The zero-order chi connectivity index (χ0) is 16.2. The number of anilines is 1. The van der Waals surface area contributed by atoms with E-state index in [0.29, 0.717) is 12.0 Å². The summed E-state index contributed by atoms with van der Waals surface area (Å²) >= 11 is 0. The van der Waals surface area contributed by atoms with Crippen LogP contribution in [0, 0.1) is 5.92 Å². The summed E-state index contributed by atoms with van der Waals surface area (Å²) in [5, 5.41) is 0. The summed E-state index contributed by atoms with van der Waals surface area (Å²) in [5.41, 5.74) is 0. The number of nitrogens with one attached hydrogen (secondary N) is 1. The van der Waals surface area contributed by atoms with Crippen LogP contribution in [0.5, 0.6) is 0 Å². The van der Waals surface area contributed by atoms with E-state index >= 15 is 0 Å². The van der Waals surface area contributed by atoms with Gasteiger partial charge in [0.15, 0.2) is 0 Å². The zero-order valence-corrected chi connectivity index (χ0v) is 14.3. The Morgan fingerprint density at radius 3 is 2.55 bits per heavy atom. The standard InChI is InChI=1S/C15H25N3O3S/c1-12(2)11-21-13-6-8-18(9-7-13)15-5-4-14(10-17-15)22(19,20)16-3/h4-5,10,12-13,16H,6-9,11H2,1-3H3. The Labute approximate surface area is 132 Å². The van der Waals surface area contributed by atoms with Crippen LogP contribution in [-0.4, -0.2) is 46.2 Å². The SMILES string of the molecule is CNS(=O)(=O)c1ccc(N2CCC(OCC(C)C)CC2)nc1. The number of hydrogen-bond donors (Lipinski definition) is 1. The van der Waals surface area contributed by atoms with E-state index in [2.05, 4.69) is 28.5 Å². The fraction of sp³-hybridized carbons (Fsp3) is 0.667.